The number of carbonyl (C=O) groups is 4. The van der Waals surface area contributed by atoms with Gasteiger partial charge in [-0.2, -0.15) is 0 Å². The van der Waals surface area contributed by atoms with Crippen LogP contribution in [0.1, 0.15) is 113 Å². The molecule has 4 fully saturated rings. The highest BCUT2D eigenvalue weighted by molar-refractivity contribution is 5.80. The Bertz CT molecular complexity index is 1240. The van der Waals surface area contributed by atoms with E-state index in [2.05, 4.69) is 33.8 Å². The molecule has 240 valence electrons. The second kappa shape index (κ2) is 10.3. The van der Waals surface area contributed by atoms with Crippen LogP contribution in [-0.2, 0) is 33.4 Å². The maximum Gasteiger partial charge on any atom is 0.312 e. The fraction of sp³-hybridized carbons (Fsp3) is 0.829. The molecule has 0 aromatic carbocycles. The van der Waals surface area contributed by atoms with Crippen LogP contribution in [0.4, 0.5) is 0 Å². The number of ether oxygens (including phenoxy) is 3. The van der Waals surface area contributed by atoms with E-state index in [4.69, 9.17) is 14.2 Å². The molecule has 4 saturated carbocycles. The van der Waals surface area contributed by atoms with E-state index < -0.39 is 22.2 Å². The van der Waals surface area contributed by atoms with Gasteiger partial charge >= 0.3 is 23.9 Å². The van der Waals surface area contributed by atoms with Crippen molar-refractivity contribution >= 4 is 23.9 Å². The third-order valence-electron chi connectivity index (χ3n) is 14.2. The van der Waals surface area contributed by atoms with Crippen molar-refractivity contribution < 1.29 is 38.5 Å². The predicted molar refractivity (Wildman–Crippen MR) is 160 cm³/mol. The van der Waals surface area contributed by atoms with Gasteiger partial charge in [-0.1, -0.05) is 39.3 Å². The minimum Gasteiger partial charge on any atom is -0.481 e. The molecule has 0 aliphatic heterocycles. The van der Waals surface area contributed by atoms with Crippen LogP contribution < -0.4 is 0 Å². The van der Waals surface area contributed by atoms with Crippen molar-refractivity contribution in [2.24, 2.45) is 50.2 Å². The Hall–Kier alpha value is -2.38. The van der Waals surface area contributed by atoms with Crippen molar-refractivity contribution in [3.63, 3.8) is 0 Å². The summed E-state index contributed by atoms with van der Waals surface area (Å²) in [5, 5.41) is 10.2. The number of carboxylic acids is 1. The van der Waals surface area contributed by atoms with Crippen LogP contribution in [0.15, 0.2) is 11.6 Å². The number of methoxy groups -OCH3 is 1. The molecule has 0 spiro atoms. The number of carbonyl (C=O) groups excluding carboxylic acids is 3. The molecular formula is C35H52O8. The van der Waals surface area contributed by atoms with Gasteiger partial charge in [-0.15, -0.1) is 0 Å². The topological polar surface area (TPSA) is 116 Å². The van der Waals surface area contributed by atoms with Crippen LogP contribution in [-0.4, -0.2) is 48.8 Å². The molecule has 8 nitrogen and oxygen atoms in total. The minimum atomic E-state index is -0.879. The Balaban J connectivity index is 1.57. The number of rotatable bonds is 5. The van der Waals surface area contributed by atoms with Crippen molar-refractivity contribution in [3.05, 3.63) is 11.6 Å². The number of esters is 3. The highest BCUT2D eigenvalue weighted by Gasteiger charge is 2.70. The van der Waals surface area contributed by atoms with Gasteiger partial charge in [-0.25, -0.2) is 0 Å². The molecule has 1 N–H and O–H groups in total. The van der Waals surface area contributed by atoms with E-state index in [1.807, 2.05) is 6.92 Å². The first-order valence-corrected chi connectivity index (χ1v) is 16.3. The molecule has 0 heterocycles. The normalized spacial score (nSPS) is 46.9. The average molecular weight is 601 g/mol. The lowest BCUT2D eigenvalue weighted by molar-refractivity contribution is -0.226. The molecule has 0 aromatic heterocycles. The summed E-state index contributed by atoms with van der Waals surface area (Å²) < 4.78 is 17.0. The Morgan fingerprint density at radius 3 is 2.16 bits per heavy atom. The Morgan fingerprint density at radius 1 is 0.884 bits per heavy atom. The van der Waals surface area contributed by atoms with Crippen LogP contribution in [0.3, 0.4) is 0 Å². The molecule has 5 aliphatic rings. The summed E-state index contributed by atoms with van der Waals surface area (Å²) in [6.45, 7) is 14.3. The fourth-order valence-corrected chi connectivity index (χ4v) is 11.5. The molecule has 10 atom stereocenters. The summed E-state index contributed by atoms with van der Waals surface area (Å²) in [5.41, 5.74) is -1.13. The molecular weight excluding hydrogens is 548 g/mol. The molecule has 8 heteroatoms. The smallest absolute Gasteiger partial charge is 0.312 e. The van der Waals surface area contributed by atoms with Crippen molar-refractivity contribution in [2.75, 3.05) is 13.7 Å². The third kappa shape index (κ3) is 4.42. The lowest BCUT2D eigenvalue weighted by Gasteiger charge is -2.71. The Morgan fingerprint density at radius 2 is 1.56 bits per heavy atom. The maximum absolute atomic E-state index is 13.5. The van der Waals surface area contributed by atoms with Gasteiger partial charge in [0.2, 0.25) is 0 Å². The standard InChI is InChI=1S/C35H52O8/c1-21(36)42-20-32(5)25-11-14-34(7)26(31(25,4)13-12-27(32)43-22(2)37)10-9-23-24-19-30(3,28(38)39)15-17-35(24,29(40)41-8)18-16-33(23,34)6/h9,24-27H,10-20H2,1-8H3,(H,38,39). The molecule has 0 amide bonds. The Kier molecular flexibility index (Phi) is 7.70. The zero-order chi connectivity index (χ0) is 31.8. The van der Waals surface area contributed by atoms with Gasteiger partial charge in [0.15, 0.2) is 0 Å². The van der Waals surface area contributed by atoms with E-state index >= 15 is 0 Å². The molecule has 10 unspecified atom stereocenters. The number of carboxylic acid groups (broad SMARTS) is 1. The third-order valence-corrected chi connectivity index (χ3v) is 14.2. The van der Waals surface area contributed by atoms with Crippen LogP contribution in [0.2, 0.25) is 0 Å². The first kappa shape index (κ1) is 32.0. The molecule has 43 heavy (non-hydrogen) atoms. The van der Waals surface area contributed by atoms with Crippen LogP contribution in [0.25, 0.3) is 0 Å². The number of aliphatic carboxylic acids is 1. The maximum atomic E-state index is 13.5. The van der Waals surface area contributed by atoms with E-state index in [0.29, 0.717) is 31.6 Å². The van der Waals surface area contributed by atoms with Crippen molar-refractivity contribution in [1.29, 1.82) is 0 Å². The first-order valence-electron chi connectivity index (χ1n) is 16.3. The van der Waals surface area contributed by atoms with Crippen molar-refractivity contribution in [2.45, 2.75) is 119 Å². The molecule has 5 aliphatic carbocycles. The van der Waals surface area contributed by atoms with Gasteiger partial charge in [-0.05, 0) is 105 Å². The summed E-state index contributed by atoms with van der Waals surface area (Å²) in [4.78, 5) is 50.1. The van der Waals surface area contributed by atoms with Gasteiger partial charge in [0, 0.05) is 19.3 Å². The highest BCUT2D eigenvalue weighted by Crippen LogP contribution is 2.76. The van der Waals surface area contributed by atoms with E-state index in [-0.39, 0.29) is 58.7 Å². The second-order valence-electron chi connectivity index (χ2n) is 16.0. The van der Waals surface area contributed by atoms with Gasteiger partial charge in [0.25, 0.3) is 0 Å². The largest absolute Gasteiger partial charge is 0.481 e. The van der Waals surface area contributed by atoms with Crippen molar-refractivity contribution in [3.8, 4) is 0 Å². The predicted octanol–water partition coefficient (Wildman–Crippen LogP) is 6.50. The average Bonchev–Trinajstić information content (AvgIpc) is 2.93. The van der Waals surface area contributed by atoms with E-state index in [0.717, 1.165) is 38.5 Å². The summed E-state index contributed by atoms with van der Waals surface area (Å²) in [7, 11) is 1.46. The number of hydrogen-bond donors (Lipinski definition) is 1. The number of fused-ring (bicyclic) bond motifs is 7. The van der Waals surface area contributed by atoms with E-state index in [1.54, 1.807) is 0 Å². The lowest BCUT2D eigenvalue weighted by atomic mass is 9.33. The van der Waals surface area contributed by atoms with Crippen LogP contribution >= 0.6 is 0 Å². The quantitative estimate of drug-likeness (QED) is 0.216. The molecule has 0 radical (unpaired) electrons. The van der Waals surface area contributed by atoms with Crippen LogP contribution in [0.5, 0.6) is 0 Å². The Labute approximate surface area is 256 Å². The van der Waals surface area contributed by atoms with E-state index in [1.165, 1.54) is 26.5 Å². The lowest BCUT2D eigenvalue weighted by Crippen LogP contribution is -2.66. The molecule has 0 saturated heterocycles. The summed E-state index contributed by atoms with van der Waals surface area (Å²) in [6.07, 6.45) is 9.46. The van der Waals surface area contributed by atoms with Gasteiger partial charge in [-0.3, -0.25) is 19.2 Å². The van der Waals surface area contributed by atoms with Crippen molar-refractivity contribution in [1.82, 2.24) is 0 Å². The molecule has 0 aromatic rings. The summed E-state index contributed by atoms with van der Waals surface area (Å²) >= 11 is 0. The minimum absolute atomic E-state index is 0.0711. The van der Waals surface area contributed by atoms with Gasteiger partial charge in [0.1, 0.15) is 12.7 Å². The number of allylic oxidation sites excluding steroid dienone is 2. The monoisotopic (exact) mass is 600 g/mol. The van der Waals surface area contributed by atoms with E-state index in [9.17, 15) is 24.3 Å². The first-order chi connectivity index (χ1) is 19.9. The fourth-order valence-electron chi connectivity index (χ4n) is 11.5. The SMILES string of the molecule is COC(=O)C12CCC(C)(C(=O)O)CC1C1=CCC3C4(C)CCC(OC(C)=O)C(C)(COC(C)=O)C4CCC3(C)C1(C)CC2. The van der Waals surface area contributed by atoms with Gasteiger partial charge < -0.3 is 19.3 Å². The van der Waals surface area contributed by atoms with Crippen LogP contribution in [0, 0.1) is 50.2 Å². The second-order valence-corrected chi connectivity index (χ2v) is 16.0. The zero-order valence-corrected chi connectivity index (χ0v) is 27.5. The summed E-state index contributed by atoms with van der Waals surface area (Å²) in [5.74, 6) is -1.25. The van der Waals surface area contributed by atoms with Gasteiger partial charge in [0.05, 0.1) is 17.9 Å². The number of hydrogen-bond acceptors (Lipinski definition) is 7. The molecule has 0 bridgehead atoms. The molecule has 5 rings (SSSR count). The summed E-state index contributed by atoms with van der Waals surface area (Å²) in [6, 6.07) is 0. The highest BCUT2D eigenvalue weighted by atomic mass is 16.6. The zero-order valence-electron chi connectivity index (χ0n) is 27.5.